The fourth-order valence-electron chi connectivity index (χ4n) is 4.73. The zero-order chi connectivity index (χ0) is 22.7. The van der Waals surface area contributed by atoms with Crippen LogP contribution in [0.15, 0.2) is 52.8 Å². The molecule has 32 heavy (non-hydrogen) atoms. The first-order valence-electron chi connectivity index (χ1n) is 10.1. The fourth-order valence-corrected chi connectivity index (χ4v) is 4.73. The minimum atomic E-state index is -0.663. The maximum atomic E-state index is 13.5. The van der Waals surface area contributed by atoms with Crippen molar-refractivity contribution in [2.24, 2.45) is 14.1 Å². The summed E-state index contributed by atoms with van der Waals surface area (Å²) in [6.07, 6.45) is 0. The molecule has 0 saturated heterocycles. The highest BCUT2D eigenvalue weighted by atomic mass is 16.5. The van der Waals surface area contributed by atoms with Crippen LogP contribution in [0.25, 0.3) is 5.76 Å². The molecule has 0 spiro atoms. The number of rotatable bonds is 3. The molecule has 0 fully saturated rings. The van der Waals surface area contributed by atoms with Gasteiger partial charge in [0, 0.05) is 18.2 Å². The number of methoxy groups -OCH3 is 2. The summed E-state index contributed by atoms with van der Waals surface area (Å²) in [6.45, 7) is 0. The molecule has 3 N–H and O–H groups in total. The zero-order valence-electron chi connectivity index (χ0n) is 18.1. The Bertz CT molecular complexity index is 1420. The standard InChI is InChI=1S/C24H21N3O5/c1-26-22-18(23(29)27(2)24(26)30)16(14-10-7-11-15(31-3)21(14)32-4)17-19(25-22)12-8-5-6-9-13(12)20(17)28/h5-11,16H,1-4H3,(H,25,28,29)/p+2. The number of allylic oxidation sites excluding steroid dienone is 1. The third-order valence-corrected chi connectivity index (χ3v) is 6.27. The van der Waals surface area contributed by atoms with Crippen molar-refractivity contribution in [1.29, 1.82) is 0 Å². The first-order chi connectivity index (χ1) is 15.4. The van der Waals surface area contributed by atoms with Gasteiger partial charge in [-0.3, -0.25) is 4.79 Å². The predicted molar refractivity (Wildman–Crippen MR) is 117 cm³/mol. The summed E-state index contributed by atoms with van der Waals surface area (Å²) in [7, 11) is 6.28. The van der Waals surface area contributed by atoms with Gasteiger partial charge in [-0.2, -0.15) is 0 Å². The summed E-state index contributed by atoms with van der Waals surface area (Å²) in [5.41, 5.74) is 3.43. The van der Waals surface area contributed by atoms with Gasteiger partial charge in [0.15, 0.2) is 24.1 Å². The van der Waals surface area contributed by atoms with Crippen LogP contribution in [0.2, 0.25) is 0 Å². The van der Waals surface area contributed by atoms with Gasteiger partial charge in [-0.15, -0.1) is 4.99 Å². The van der Waals surface area contributed by atoms with E-state index in [1.165, 1.54) is 16.2 Å². The summed E-state index contributed by atoms with van der Waals surface area (Å²) < 4.78 is 13.9. The van der Waals surface area contributed by atoms with Crippen molar-refractivity contribution in [3.05, 3.63) is 80.6 Å². The number of ether oxygens (including phenoxy) is 2. The molecule has 8 heteroatoms. The second-order valence-corrected chi connectivity index (χ2v) is 7.81. The number of benzene rings is 2. The van der Waals surface area contributed by atoms with E-state index in [-0.39, 0.29) is 17.3 Å². The van der Waals surface area contributed by atoms with Crippen LogP contribution in [0, 0.1) is 0 Å². The second-order valence-electron chi connectivity index (χ2n) is 7.81. The number of fused-ring (bicyclic) bond motifs is 4. The minimum Gasteiger partial charge on any atom is -0.507 e. The Morgan fingerprint density at radius 1 is 1.03 bits per heavy atom. The lowest BCUT2D eigenvalue weighted by molar-refractivity contribution is -0.723. The Morgan fingerprint density at radius 2 is 1.75 bits per heavy atom. The Balaban J connectivity index is 1.95. The Hall–Kier alpha value is -4.07. The van der Waals surface area contributed by atoms with Gasteiger partial charge >= 0.3 is 11.8 Å². The van der Waals surface area contributed by atoms with Crippen molar-refractivity contribution in [1.82, 2.24) is 4.57 Å². The van der Waals surface area contributed by atoms with Gasteiger partial charge in [-0.1, -0.05) is 34.9 Å². The van der Waals surface area contributed by atoms with Crippen molar-refractivity contribution >= 4 is 17.3 Å². The predicted octanol–water partition coefficient (Wildman–Crippen LogP) is 0.562. The van der Waals surface area contributed by atoms with Crippen molar-refractivity contribution in [3.8, 4) is 17.5 Å². The molecule has 0 saturated carbocycles. The van der Waals surface area contributed by atoms with Crippen LogP contribution in [-0.2, 0) is 14.1 Å². The molecular weight excluding hydrogens is 410 g/mol. The zero-order valence-corrected chi connectivity index (χ0v) is 18.1. The van der Waals surface area contributed by atoms with Gasteiger partial charge in [0.25, 0.3) is 5.56 Å². The van der Waals surface area contributed by atoms with Gasteiger partial charge in [0.2, 0.25) is 5.71 Å². The molecule has 1 aromatic heterocycles. The van der Waals surface area contributed by atoms with E-state index < -0.39 is 5.92 Å². The van der Waals surface area contributed by atoms with Gasteiger partial charge < -0.3 is 19.7 Å². The lowest BCUT2D eigenvalue weighted by Gasteiger charge is -2.23. The minimum absolute atomic E-state index is 0.0985. The fraction of sp³-hybridized carbons (Fsp3) is 0.208. The molecule has 2 aromatic carbocycles. The quantitative estimate of drug-likeness (QED) is 0.525. The Morgan fingerprint density at radius 3 is 2.44 bits per heavy atom. The van der Waals surface area contributed by atoms with E-state index in [0.29, 0.717) is 45.3 Å². The molecule has 1 atom stereocenters. The second kappa shape index (κ2) is 6.98. The summed E-state index contributed by atoms with van der Waals surface area (Å²) in [4.78, 5) is 16.8. The molecule has 2 aliphatic rings. The number of hydrogen-bond acceptors (Lipinski definition) is 5. The number of nitrogens with one attached hydrogen (secondary N) is 1. The molecule has 0 bridgehead atoms. The summed E-state index contributed by atoms with van der Waals surface area (Å²) >= 11 is 0. The Kier molecular flexibility index (Phi) is 4.33. The molecule has 1 aliphatic carbocycles. The van der Waals surface area contributed by atoms with E-state index in [4.69, 9.17) is 9.47 Å². The van der Waals surface area contributed by atoms with Crippen LogP contribution in [0.3, 0.4) is 0 Å². The van der Waals surface area contributed by atoms with Crippen molar-refractivity contribution in [2.75, 3.05) is 14.2 Å². The van der Waals surface area contributed by atoms with Crippen molar-refractivity contribution in [3.63, 3.8) is 0 Å². The SMILES string of the molecule is COc1cccc(C2C3=C(O)c4ccccc4C3=[NH+]c3c2c(=O)n(C)c(O)[n+]3C)c1OC. The third-order valence-electron chi connectivity index (χ3n) is 6.27. The summed E-state index contributed by atoms with van der Waals surface area (Å²) in [6, 6.07) is 12.8. The van der Waals surface area contributed by atoms with E-state index in [9.17, 15) is 15.0 Å². The summed E-state index contributed by atoms with van der Waals surface area (Å²) in [5, 5.41) is 21.8. The van der Waals surface area contributed by atoms with E-state index in [0.717, 1.165) is 5.56 Å². The van der Waals surface area contributed by atoms with Gasteiger partial charge in [-0.25, -0.2) is 4.57 Å². The number of nitrogens with zero attached hydrogens (tertiary/aromatic N) is 2. The topological polar surface area (TPSA) is 98.8 Å². The maximum Gasteiger partial charge on any atom is 0.462 e. The number of aromatic hydroxyl groups is 1. The number of aromatic nitrogens is 2. The highest BCUT2D eigenvalue weighted by molar-refractivity contribution is 6.21. The first kappa shape index (κ1) is 19.9. The van der Waals surface area contributed by atoms with Crippen LogP contribution in [0.4, 0.5) is 5.82 Å². The molecular formula is C24H23N3O5+2. The average Bonchev–Trinajstić information content (AvgIpc) is 3.11. The smallest absolute Gasteiger partial charge is 0.462 e. The lowest BCUT2D eigenvalue weighted by Crippen LogP contribution is -2.75. The van der Waals surface area contributed by atoms with Crippen LogP contribution in [-0.4, -0.2) is 34.7 Å². The molecule has 5 rings (SSSR count). The largest absolute Gasteiger partial charge is 0.507 e. The lowest BCUT2D eigenvalue weighted by atomic mass is 9.81. The normalized spacial score (nSPS) is 16.2. The molecule has 0 radical (unpaired) electrons. The van der Waals surface area contributed by atoms with Gasteiger partial charge in [-0.05, 0) is 12.1 Å². The van der Waals surface area contributed by atoms with Crippen LogP contribution >= 0.6 is 0 Å². The highest BCUT2D eigenvalue weighted by Gasteiger charge is 2.50. The summed E-state index contributed by atoms with van der Waals surface area (Å²) in [5.74, 6) is 0.873. The van der Waals surface area contributed by atoms with Gasteiger partial charge in [0.05, 0.1) is 31.3 Å². The number of para-hydroxylation sites is 1. The molecule has 3 aromatic rings. The number of hydrogen-bond donors (Lipinski definition) is 3. The number of aliphatic hydroxyl groups is 1. The van der Waals surface area contributed by atoms with E-state index in [1.54, 1.807) is 27.3 Å². The molecule has 0 amide bonds. The monoisotopic (exact) mass is 433 g/mol. The third kappa shape index (κ3) is 2.46. The van der Waals surface area contributed by atoms with E-state index in [1.807, 2.05) is 36.4 Å². The van der Waals surface area contributed by atoms with Crippen LogP contribution in [0.5, 0.6) is 17.5 Å². The molecule has 162 valence electrons. The highest BCUT2D eigenvalue weighted by Crippen LogP contribution is 2.47. The molecule has 1 aliphatic heterocycles. The van der Waals surface area contributed by atoms with Crippen molar-refractivity contribution < 1.29 is 29.2 Å². The first-order valence-corrected chi connectivity index (χ1v) is 10.1. The average molecular weight is 433 g/mol. The van der Waals surface area contributed by atoms with Crippen LogP contribution < -0.4 is 24.6 Å². The molecule has 1 unspecified atom stereocenters. The maximum absolute atomic E-state index is 13.5. The van der Waals surface area contributed by atoms with Crippen LogP contribution in [0.1, 0.15) is 28.2 Å². The molecule has 8 nitrogen and oxygen atoms in total. The Labute approximate surface area is 183 Å². The van der Waals surface area contributed by atoms with E-state index >= 15 is 0 Å². The van der Waals surface area contributed by atoms with Crippen molar-refractivity contribution in [2.45, 2.75) is 5.92 Å². The molecule has 2 heterocycles. The van der Waals surface area contributed by atoms with E-state index in [2.05, 4.69) is 4.99 Å². The van der Waals surface area contributed by atoms with Gasteiger partial charge in [0.1, 0.15) is 5.76 Å². The number of aliphatic hydroxyl groups excluding tert-OH is 1.